The number of hydrogen-bond donors (Lipinski definition) is 0. The van der Waals surface area contributed by atoms with Crippen LogP contribution in [0, 0.1) is 11.3 Å². The third-order valence-corrected chi connectivity index (χ3v) is 7.87. The Labute approximate surface area is 230 Å². The lowest BCUT2D eigenvalue weighted by atomic mass is 10.0. The number of nitrogens with zero attached hydrogens (tertiary/aromatic N) is 4. The Kier molecular flexibility index (Phi) is 4.85. The number of aromatic nitrogens is 3. The number of hydrogen-bond acceptors (Lipinski definition) is 2. The summed E-state index contributed by atoms with van der Waals surface area (Å²) < 4.78 is 4.62. The van der Waals surface area contributed by atoms with E-state index in [2.05, 4.69) is 117 Å². The monoisotopic (exact) mass is 510 g/mol. The van der Waals surface area contributed by atoms with Crippen LogP contribution in [0.5, 0.6) is 0 Å². The van der Waals surface area contributed by atoms with Crippen molar-refractivity contribution in [2.75, 3.05) is 0 Å². The van der Waals surface area contributed by atoms with Crippen LogP contribution in [0.15, 0.2) is 134 Å². The number of para-hydroxylation sites is 3. The van der Waals surface area contributed by atoms with Crippen LogP contribution in [0.1, 0.15) is 5.56 Å². The molecule has 0 atom stereocenters. The molecular weight excluding hydrogens is 488 g/mol. The third kappa shape index (κ3) is 3.22. The van der Waals surface area contributed by atoms with Crippen molar-refractivity contribution in [2.24, 2.45) is 0 Å². The molecule has 0 saturated heterocycles. The molecule has 0 saturated carbocycles. The molecule has 0 fully saturated rings. The first-order valence-corrected chi connectivity index (χ1v) is 13.3. The molecule has 0 aliphatic heterocycles. The SMILES string of the molecule is N#Cc1cc(-n2c3ccccc3c3cc(-n4c5ccccc5c5ccccc54)ccc32)ccc1-c1ccncc1. The molecule has 4 nitrogen and oxygen atoms in total. The summed E-state index contributed by atoms with van der Waals surface area (Å²) in [4.78, 5) is 4.12. The lowest BCUT2D eigenvalue weighted by molar-refractivity contribution is 1.16. The normalized spacial score (nSPS) is 11.5. The molecule has 0 radical (unpaired) electrons. The fourth-order valence-electron chi connectivity index (χ4n) is 6.13. The molecule has 0 bridgehead atoms. The summed E-state index contributed by atoms with van der Waals surface area (Å²) in [5, 5.41) is 14.9. The predicted molar refractivity (Wildman–Crippen MR) is 163 cm³/mol. The predicted octanol–water partition coefficient (Wildman–Crippen LogP) is 8.81. The van der Waals surface area contributed by atoms with Gasteiger partial charge in [-0.15, -0.1) is 0 Å². The van der Waals surface area contributed by atoms with Crippen LogP contribution in [-0.2, 0) is 0 Å². The molecule has 0 aliphatic rings. The number of pyridine rings is 1. The van der Waals surface area contributed by atoms with Gasteiger partial charge in [-0.05, 0) is 71.8 Å². The van der Waals surface area contributed by atoms with Crippen molar-refractivity contribution < 1.29 is 0 Å². The number of benzene rings is 5. The van der Waals surface area contributed by atoms with E-state index >= 15 is 0 Å². The molecule has 4 heteroatoms. The molecule has 8 aromatic rings. The van der Waals surface area contributed by atoms with Crippen molar-refractivity contribution in [2.45, 2.75) is 0 Å². The van der Waals surface area contributed by atoms with E-state index in [0.717, 1.165) is 33.5 Å². The minimum absolute atomic E-state index is 0.636. The maximum atomic E-state index is 10.1. The molecule has 3 aromatic heterocycles. The zero-order valence-corrected chi connectivity index (χ0v) is 21.5. The van der Waals surface area contributed by atoms with E-state index in [1.54, 1.807) is 12.4 Å². The van der Waals surface area contributed by atoms with Gasteiger partial charge in [0.05, 0.1) is 33.7 Å². The standard InChI is InChI=1S/C36H22N4/c37-23-25-21-26(13-15-28(25)24-17-19-38-20-18-24)39-35-12-6-3-9-31(35)32-22-27(14-16-36(32)39)40-33-10-4-1-7-29(33)30-8-2-5-11-34(30)40/h1-22H. The number of fused-ring (bicyclic) bond motifs is 6. The van der Waals surface area contributed by atoms with Gasteiger partial charge >= 0.3 is 0 Å². The van der Waals surface area contributed by atoms with Gasteiger partial charge in [-0.25, -0.2) is 0 Å². The van der Waals surface area contributed by atoms with Crippen molar-refractivity contribution in [1.29, 1.82) is 5.26 Å². The molecular formula is C36H22N4. The van der Waals surface area contributed by atoms with Crippen molar-refractivity contribution in [3.63, 3.8) is 0 Å². The van der Waals surface area contributed by atoms with E-state index in [9.17, 15) is 5.26 Å². The molecule has 0 aliphatic carbocycles. The van der Waals surface area contributed by atoms with Crippen molar-refractivity contribution >= 4 is 43.6 Å². The van der Waals surface area contributed by atoms with Gasteiger partial charge in [-0.3, -0.25) is 4.98 Å². The minimum Gasteiger partial charge on any atom is -0.309 e. The first-order valence-electron chi connectivity index (χ1n) is 13.3. The van der Waals surface area contributed by atoms with Crippen molar-refractivity contribution in [3.05, 3.63) is 139 Å². The van der Waals surface area contributed by atoms with Crippen molar-refractivity contribution in [3.8, 4) is 28.6 Å². The Morgan fingerprint density at radius 1 is 0.500 bits per heavy atom. The summed E-state index contributed by atoms with van der Waals surface area (Å²) in [5.41, 5.74) is 9.21. The summed E-state index contributed by atoms with van der Waals surface area (Å²) in [7, 11) is 0. The average molecular weight is 511 g/mol. The molecule has 5 aromatic carbocycles. The fraction of sp³-hybridized carbons (Fsp3) is 0. The van der Waals surface area contributed by atoms with Crippen LogP contribution in [0.4, 0.5) is 0 Å². The highest BCUT2D eigenvalue weighted by molar-refractivity contribution is 6.12. The molecule has 40 heavy (non-hydrogen) atoms. The second kappa shape index (κ2) is 8.69. The molecule has 0 unspecified atom stereocenters. The minimum atomic E-state index is 0.636. The van der Waals surface area contributed by atoms with E-state index in [1.807, 2.05) is 24.3 Å². The van der Waals surface area contributed by atoms with Crippen LogP contribution in [-0.4, -0.2) is 14.1 Å². The van der Waals surface area contributed by atoms with Crippen molar-refractivity contribution in [1.82, 2.24) is 14.1 Å². The Hall–Kier alpha value is -5.66. The summed E-state index contributed by atoms with van der Waals surface area (Å²) in [6, 6.07) is 44.8. The van der Waals surface area contributed by atoms with Crippen LogP contribution >= 0.6 is 0 Å². The van der Waals surface area contributed by atoms with E-state index < -0.39 is 0 Å². The maximum absolute atomic E-state index is 10.1. The first kappa shape index (κ1) is 22.3. The van der Waals surface area contributed by atoms with Crippen LogP contribution in [0.25, 0.3) is 66.1 Å². The maximum Gasteiger partial charge on any atom is 0.0998 e. The van der Waals surface area contributed by atoms with Crippen LogP contribution in [0.2, 0.25) is 0 Å². The Balaban J connectivity index is 1.38. The quantitative estimate of drug-likeness (QED) is 0.238. The molecule has 8 rings (SSSR count). The smallest absolute Gasteiger partial charge is 0.0998 e. The molecule has 0 amide bonds. The fourth-order valence-corrected chi connectivity index (χ4v) is 6.13. The van der Waals surface area contributed by atoms with Gasteiger partial charge in [-0.1, -0.05) is 60.7 Å². The highest BCUT2D eigenvalue weighted by Gasteiger charge is 2.17. The van der Waals surface area contributed by atoms with Gasteiger partial charge in [0.2, 0.25) is 0 Å². The van der Waals surface area contributed by atoms with Crippen LogP contribution in [0.3, 0.4) is 0 Å². The summed E-state index contributed by atoms with van der Waals surface area (Å²) in [6.07, 6.45) is 3.51. The molecule has 0 N–H and O–H groups in total. The highest BCUT2D eigenvalue weighted by Crippen LogP contribution is 2.37. The number of rotatable bonds is 3. The molecule has 3 heterocycles. The van der Waals surface area contributed by atoms with Gasteiger partial charge < -0.3 is 9.13 Å². The third-order valence-electron chi connectivity index (χ3n) is 7.87. The topological polar surface area (TPSA) is 46.5 Å². The molecule has 186 valence electrons. The van der Waals surface area contributed by atoms with Crippen LogP contribution < -0.4 is 0 Å². The second-order valence-electron chi connectivity index (χ2n) is 10.0. The van der Waals surface area contributed by atoms with Gasteiger partial charge in [-0.2, -0.15) is 5.26 Å². The number of nitriles is 1. The largest absolute Gasteiger partial charge is 0.309 e. The van der Waals surface area contributed by atoms with E-state index in [4.69, 9.17) is 0 Å². The summed E-state index contributed by atoms with van der Waals surface area (Å²) in [5.74, 6) is 0. The lowest BCUT2D eigenvalue weighted by Crippen LogP contribution is -1.97. The molecule has 0 spiro atoms. The van der Waals surface area contributed by atoms with Gasteiger partial charge in [0.25, 0.3) is 0 Å². The Bertz CT molecular complexity index is 2230. The summed E-state index contributed by atoms with van der Waals surface area (Å²) in [6.45, 7) is 0. The zero-order valence-electron chi connectivity index (χ0n) is 21.5. The Morgan fingerprint density at radius 3 is 1.60 bits per heavy atom. The average Bonchev–Trinajstić information content (AvgIpc) is 3.54. The first-order chi connectivity index (χ1) is 19.8. The highest BCUT2D eigenvalue weighted by atomic mass is 15.0. The lowest BCUT2D eigenvalue weighted by Gasteiger charge is -2.12. The Morgan fingerprint density at radius 2 is 1.00 bits per heavy atom. The van der Waals surface area contributed by atoms with Gasteiger partial charge in [0.1, 0.15) is 0 Å². The summed E-state index contributed by atoms with van der Waals surface area (Å²) >= 11 is 0. The van der Waals surface area contributed by atoms with Gasteiger partial charge in [0.15, 0.2) is 0 Å². The second-order valence-corrected chi connectivity index (χ2v) is 10.0. The van der Waals surface area contributed by atoms with E-state index in [-0.39, 0.29) is 0 Å². The van der Waals surface area contributed by atoms with Gasteiger partial charge in [0, 0.05) is 45.3 Å². The van der Waals surface area contributed by atoms with E-state index in [1.165, 1.54) is 32.6 Å². The van der Waals surface area contributed by atoms with E-state index in [0.29, 0.717) is 5.56 Å². The zero-order chi connectivity index (χ0) is 26.6.